The van der Waals surface area contributed by atoms with Gasteiger partial charge in [0.2, 0.25) is 0 Å². The summed E-state index contributed by atoms with van der Waals surface area (Å²) in [6, 6.07) is 8.20. The smallest absolute Gasteiger partial charge is 0.410 e. The van der Waals surface area contributed by atoms with Crippen molar-refractivity contribution in [1.82, 2.24) is 4.90 Å². The Hall–Kier alpha value is -1.55. The molecule has 22 heavy (non-hydrogen) atoms. The molecule has 2 atom stereocenters. The summed E-state index contributed by atoms with van der Waals surface area (Å²) >= 11 is 0. The summed E-state index contributed by atoms with van der Waals surface area (Å²) in [5.41, 5.74) is 1.87. The van der Waals surface area contributed by atoms with E-state index in [1.165, 1.54) is 5.56 Å². The minimum atomic E-state index is -0.477. The molecule has 122 valence electrons. The molecule has 0 radical (unpaired) electrons. The van der Waals surface area contributed by atoms with Crippen LogP contribution in [0.25, 0.3) is 0 Å². The van der Waals surface area contributed by atoms with Crippen LogP contribution in [0.5, 0.6) is 0 Å². The summed E-state index contributed by atoms with van der Waals surface area (Å²) in [5.74, 6) is 0.119. The molecule has 1 amide bonds. The Labute approximate surface area is 133 Å². The molecule has 1 heterocycles. The van der Waals surface area contributed by atoms with Crippen LogP contribution in [0.4, 0.5) is 4.79 Å². The number of amides is 1. The molecule has 1 N–H and O–H groups in total. The standard InChI is InChI=1S/C18H27NO3/c1-13-6-5-7-14(10-13)11-16(20)15-8-9-19(12-15)17(21)22-18(2,3)4/h5-7,10,15-16,20H,8-9,11-12H2,1-4H3. The van der Waals surface area contributed by atoms with E-state index in [2.05, 4.69) is 19.1 Å². The third-order valence-corrected chi connectivity index (χ3v) is 3.95. The highest BCUT2D eigenvalue weighted by atomic mass is 16.6. The molecule has 1 fully saturated rings. The van der Waals surface area contributed by atoms with Gasteiger partial charge in [-0.3, -0.25) is 0 Å². The van der Waals surface area contributed by atoms with Gasteiger partial charge >= 0.3 is 6.09 Å². The second kappa shape index (κ2) is 6.69. The Bertz CT molecular complexity index is 521. The van der Waals surface area contributed by atoms with E-state index in [1.807, 2.05) is 32.9 Å². The number of carbonyl (C=O) groups excluding carboxylic acids is 1. The van der Waals surface area contributed by atoms with E-state index in [0.717, 1.165) is 12.0 Å². The minimum absolute atomic E-state index is 0.119. The first-order valence-electron chi connectivity index (χ1n) is 7.96. The summed E-state index contributed by atoms with van der Waals surface area (Å²) in [6.45, 7) is 8.88. The fourth-order valence-electron chi connectivity index (χ4n) is 2.84. The molecule has 1 aromatic carbocycles. The van der Waals surface area contributed by atoms with Crippen LogP contribution < -0.4 is 0 Å². The van der Waals surface area contributed by atoms with Gasteiger partial charge in [0.1, 0.15) is 5.60 Å². The van der Waals surface area contributed by atoms with Gasteiger partial charge < -0.3 is 14.7 Å². The number of ether oxygens (including phenoxy) is 1. The van der Waals surface area contributed by atoms with Crippen molar-refractivity contribution in [2.75, 3.05) is 13.1 Å². The molecule has 0 aromatic heterocycles. The van der Waals surface area contributed by atoms with E-state index in [0.29, 0.717) is 19.5 Å². The van der Waals surface area contributed by atoms with Crippen molar-refractivity contribution < 1.29 is 14.6 Å². The van der Waals surface area contributed by atoms with E-state index < -0.39 is 11.7 Å². The molecular weight excluding hydrogens is 278 g/mol. The van der Waals surface area contributed by atoms with Gasteiger partial charge in [-0.25, -0.2) is 4.79 Å². The second-order valence-corrected chi connectivity index (χ2v) is 7.24. The van der Waals surface area contributed by atoms with E-state index in [-0.39, 0.29) is 12.0 Å². The lowest BCUT2D eigenvalue weighted by Crippen LogP contribution is -2.36. The van der Waals surface area contributed by atoms with Crippen LogP contribution >= 0.6 is 0 Å². The third kappa shape index (κ3) is 4.73. The van der Waals surface area contributed by atoms with Crippen molar-refractivity contribution >= 4 is 6.09 Å². The largest absolute Gasteiger partial charge is 0.444 e. The molecule has 0 saturated carbocycles. The summed E-state index contributed by atoms with van der Waals surface area (Å²) in [7, 11) is 0. The Morgan fingerprint density at radius 2 is 2.18 bits per heavy atom. The van der Waals surface area contributed by atoms with Crippen LogP contribution in [-0.4, -0.2) is 40.9 Å². The number of aliphatic hydroxyl groups is 1. The highest BCUT2D eigenvalue weighted by molar-refractivity contribution is 5.68. The Morgan fingerprint density at radius 1 is 1.45 bits per heavy atom. The molecule has 1 saturated heterocycles. The maximum atomic E-state index is 12.1. The van der Waals surface area contributed by atoms with E-state index in [9.17, 15) is 9.90 Å². The number of nitrogens with zero attached hydrogens (tertiary/aromatic N) is 1. The van der Waals surface area contributed by atoms with Crippen LogP contribution in [0.1, 0.15) is 38.3 Å². The molecule has 4 nitrogen and oxygen atoms in total. The first-order chi connectivity index (χ1) is 10.2. The molecule has 1 aliphatic rings. The monoisotopic (exact) mass is 305 g/mol. The maximum absolute atomic E-state index is 12.1. The van der Waals surface area contributed by atoms with Crippen LogP contribution in [0.15, 0.2) is 24.3 Å². The number of benzene rings is 1. The Kier molecular flexibility index (Phi) is 5.12. The van der Waals surface area contributed by atoms with E-state index in [1.54, 1.807) is 4.90 Å². The SMILES string of the molecule is Cc1cccc(CC(O)C2CCN(C(=O)OC(C)(C)C)C2)c1. The van der Waals surface area contributed by atoms with Crippen molar-refractivity contribution in [2.45, 2.75) is 52.2 Å². The molecule has 2 unspecified atom stereocenters. The number of carbonyl (C=O) groups is 1. The quantitative estimate of drug-likeness (QED) is 0.933. The number of aryl methyl sites for hydroxylation is 1. The number of rotatable bonds is 3. The number of hydrogen-bond acceptors (Lipinski definition) is 3. The zero-order valence-electron chi connectivity index (χ0n) is 14.0. The van der Waals surface area contributed by atoms with E-state index >= 15 is 0 Å². The van der Waals surface area contributed by atoms with Crippen molar-refractivity contribution in [3.8, 4) is 0 Å². The highest BCUT2D eigenvalue weighted by Crippen LogP contribution is 2.24. The normalized spacial score (nSPS) is 20.0. The van der Waals surface area contributed by atoms with Gasteiger partial charge in [-0.05, 0) is 46.1 Å². The van der Waals surface area contributed by atoms with Gasteiger partial charge in [0.15, 0.2) is 0 Å². The zero-order valence-corrected chi connectivity index (χ0v) is 14.0. The number of aliphatic hydroxyl groups excluding tert-OH is 1. The Balaban J connectivity index is 1.88. The van der Waals surface area contributed by atoms with Gasteiger partial charge in [-0.2, -0.15) is 0 Å². The predicted octanol–water partition coefficient (Wildman–Crippen LogP) is 3.16. The molecular formula is C18H27NO3. The van der Waals surface area contributed by atoms with Crippen LogP contribution in [0.3, 0.4) is 0 Å². The Morgan fingerprint density at radius 3 is 2.82 bits per heavy atom. The lowest BCUT2D eigenvalue weighted by Gasteiger charge is -2.25. The number of likely N-dealkylation sites (tertiary alicyclic amines) is 1. The highest BCUT2D eigenvalue weighted by Gasteiger charge is 2.33. The first kappa shape index (κ1) is 16.8. The predicted molar refractivity (Wildman–Crippen MR) is 86.8 cm³/mol. The lowest BCUT2D eigenvalue weighted by atomic mass is 9.95. The van der Waals surface area contributed by atoms with Gasteiger partial charge in [0, 0.05) is 19.0 Å². The van der Waals surface area contributed by atoms with Gasteiger partial charge in [0.05, 0.1) is 6.10 Å². The molecule has 4 heteroatoms. The minimum Gasteiger partial charge on any atom is -0.444 e. The van der Waals surface area contributed by atoms with Crippen molar-refractivity contribution in [3.05, 3.63) is 35.4 Å². The van der Waals surface area contributed by atoms with Crippen molar-refractivity contribution in [3.63, 3.8) is 0 Å². The second-order valence-electron chi connectivity index (χ2n) is 7.24. The van der Waals surface area contributed by atoms with Crippen LogP contribution in [0.2, 0.25) is 0 Å². The molecule has 1 aliphatic heterocycles. The zero-order chi connectivity index (χ0) is 16.3. The van der Waals surface area contributed by atoms with Gasteiger partial charge in [-0.1, -0.05) is 29.8 Å². The molecule has 0 aliphatic carbocycles. The summed E-state index contributed by atoms with van der Waals surface area (Å²) in [6.07, 6.45) is 0.757. The van der Waals surface area contributed by atoms with E-state index in [4.69, 9.17) is 4.74 Å². The topological polar surface area (TPSA) is 49.8 Å². The maximum Gasteiger partial charge on any atom is 0.410 e. The summed E-state index contributed by atoms with van der Waals surface area (Å²) in [4.78, 5) is 13.8. The molecule has 0 spiro atoms. The van der Waals surface area contributed by atoms with Crippen molar-refractivity contribution in [1.29, 1.82) is 0 Å². The van der Waals surface area contributed by atoms with Gasteiger partial charge in [-0.15, -0.1) is 0 Å². The fraction of sp³-hybridized carbons (Fsp3) is 0.611. The first-order valence-corrected chi connectivity index (χ1v) is 7.96. The lowest BCUT2D eigenvalue weighted by molar-refractivity contribution is 0.0269. The van der Waals surface area contributed by atoms with Gasteiger partial charge in [0.25, 0.3) is 0 Å². The van der Waals surface area contributed by atoms with Crippen molar-refractivity contribution in [2.24, 2.45) is 5.92 Å². The number of hydrogen-bond donors (Lipinski definition) is 1. The molecule has 0 bridgehead atoms. The molecule has 1 aromatic rings. The fourth-order valence-corrected chi connectivity index (χ4v) is 2.84. The summed E-state index contributed by atoms with van der Waals surface area (Å²) in [5, 5.41) is 10.4. The van der Waals surface area contributed by atoms with Crippen LogP contribution in [-0.2, 0) is 11.2 Å². The summed E-state index contributed by atoms with van der Waals surface area (Å²) < 4.78 is 5.39. The molecule has 2 rings (SSSR count). The third-order valence-electron chi connectivity index (χ3n) is 3.95. The van der Waals surface area contributed by atoms with Crippen LogP contribution in [0, 0.1) is 12.8 Å². The average molecular weight is 305 g/mol. The average Bonchev–Trinajstić information content (AvgIpc) is 2.86.